The molecule has 1 fully saturated rings. The van der Waals surface area contributed by atoms with Crippen LogP contribution in [0.1, 0.15) is 36.5 Å². The Kier molecular flexibility index (Phi) is 3.76. The predicted molar refractivity (Wildman–Crippen MR) is 65.5 cm³/mol. The van der Waals surface area contributed by atoms with Gasteiger partial charge in [-0.15, -0.1) is 0 Å². The van der Waals surface area contributed by atoms with Crippen LogP contribution < -0.4 is 5.32 Å². The number of benzene rings is 1. The van der Waals surface area contributed by atoms with E-state index in [1.54, 1.807) is 0 Å². The van der Waals surface area contributed by atoms with Crippen molar-refractivity contribution in [3.05, 3.63) is 35.4 Å². The van der Waals surface area contributed by atoms with Crippen LogP contribution in [0.2, 0.25) is 0 Å². The lowest BCUT2D eigenvalue weighted by Gasteiger charge is -2.35. The SMILES string of the molecule is CCC1(C(=O)c2ccc(F)cc2F)CCCNC1. The maximum Gasteiger partial charge on any atom is 0.173 e. The third-order valence-corrected chi connectivity index (χ3v) is 3.81. The number of Topliss-reactive ketones (excluding diaryl/α,β-unsaturated/α-hetero) is 1. The number of nitrogens with one attached hydrogen (secondary N) is 1. The Morgan fingerprint density at radius 2 is 2.22 bits per heavy atom. The van der Waals surface area contributed by atoms with Gasteiger partial charge in [0.1, 0.15) is 11.6 Å². The zero-order valence-corrected chi connectivity index (χ0v) is 10.4. The van der Waals surface area contributed by atoms with Crippen molar-refractivity contribution in [2.45, 2.75) is 26.2 Å². The highest BCUT2D eigenvalue weighted by Gasteiger charge is 2.39. The van der Waals surface area contributed by atoms with Crippen LogP contribution in [-0.2, 0) is 0 Å². The van der Waals surface area contributed by atoms with Gasteiger partial charge in [0.2, 0.25) is 0 Å². The first-order chi connectivity index (χ1) is 8.59. The smallest absolute Gasteiger partial charge is 0.173 e. The Bertz CT molecular complexity index is 453. The summed E-state index contributed by atoms with van der Waals surface area (Å²) in [6.45, 7) is 3.40. The van der Waals surface area contributed by atoms with E-state index in [0.29, 0.717) is 13.0 Å². The fourth-order valence-corrected chi connectivity index (χ4v) is 2.58. The fourth-order valence-electron chi connectivity index (χ4n) is 2.58. The second-order valence-corrected chi connectivity index (χ2v) is 4.87. The third-order valence-electron chi connectivity index (χ3n) is 3.81. The van der Waals surface area contributed by atoms with Gasteiger partial charge in [0, 0.05) is 18.0 Å². The topological polar surface area (TPSA) is 29.1 Å². The van der Waals surface area contributed by atoms with E-state index < -0.39 is 17.0 Å². The lowest BCUT2D eigenvalue weighted by Crippen LogP contribution is -2.45. The first kappa shape index (κ1) is 13.1. The molecule has 0 saturated carbocycles. The Labute approximate surface area is 105 Å². The lowest BCUT2D eigenvalue weighted by molar-refractivity contribution is 0.0726. The van der Waals surface area contributed by atoms with E-state index in [4.69, 9.17) is 0 Å². The third kappa shape index (κ3) is 2.29. The van der Waals surface area contributed by atoms with Crippen LogP contribution in [-0.4, -0.2) is 18.9 Å². The minimum atomic E-state index is -0.765. The molecule has 1 saturated heterocycles. The normalized spacial score (nSPS) is 23.9. The number of hydrogen-bond donors (Lipinski definition) is 1. The van der Waals surface area contributed by atoms with Crippen LogP contribution in [0.3, 0.4) is 0 Å². The molecule has 0 bridgehead atoms. The molecule has 1 N–H and O–H groups in total. The number of carbonyl (C=O) groups is 1. The van der Waals surface area contributed by atoms with Crippen LogP contribution in [0.4, 0.5) is 8.78 Å². The first-order valence-corrected chi connectivity index (χ1v) is 6.29. The summed E-state index contributed by atoms with van der Waals surface area (Å²) in [6, 6.07) is 3.15. The summed E-state index contributed by atoms with van der Waals surface area (Å²) < 4.78 is 26.5. The van der Waals surface area contributed by atoms with E-state index in [-0.39, 0.29) is 11.3 Å². The highest BCUT2D eigenvalue weighted by Crippen LogP contribution is 2.34. The molecule has 2 nitrogen and oxygen atoms in total. The predicted octanol–water partition coefficient (Wildman–Crippen LogP) is 2.93. The molecule has 0 amide bonds. The minimum Gasteiger partial charge on any atom is -0.316 e. The summed E-state index contributed by atoms with van der Waals surface area (Å²) >= 11 is 0. The molecule has 0 spiro atoms. The van der Waals surface area contributed by atoms with Crippen LogP contribution in [0.25, 0.3) is 0 Å². The largest absolute Gasteiger partial charge is 0.316 e. The average Bonchev–Trinajstić information content (AvgIpc) is 2.39. The van der Waals surface area contributed by atoms with Gasteiger partial charge in [0.25, 0.3) is 0 Å². The molecular formula is C14H17F2NO. The average molecular weight is 253 g/mol. The summed E-state index contributed by atoms with van der Waals surface area (Å²) in [7, 11) is 0. The number of halogens is 2. The second-order valence-electron chi connectivity index (χ2n) is 4.87. The van der Waals surface area contributed by atoms with Gasteiger partial charge in [0.05, 0.1) is 5.56 Å². The molecular weight excluding hydrogens is 236 g/mol. The molecule has 0 aliphatic carbocycles. The van der Waals surface area contributed by atoms with Crippen LogP contribution >= 0.6 is 0 Å². The Morgan fingerprint density at radius 1 is 1.44 bits per heavy atom. The molecule has 1 atom stereocenters. The van der Waals surface area contributed by atoms with Gasteiger partial charge in [0.15, 0.2) is 5.78 Å². The van der Waals surface area contributed by atoms with Crippen molar-refractivity contribution < 1.29 is 13.6 Å². The van der Waals surface area contributed by atoms with Gasteiger partial charge in [-0.3, -0.25) is 4.79 Å². The number of rotatable bonds is 3. The van der Waals surface area contributed by atoms with E-state index in [0.717, 1.165) is 31.5 Å². The number of ketones is 1. The summed E-state index contributed by atoms with van der Waals surface area (Å²) in [5, 5.41) is 3.19. The first-order valence-electron chi connectivity index (χ1n) is 6.29. The summed E-state index contributed by atoms with van der Waals surface area (Å²) in [6.07, 6.45) is 2.32. The molecule has 18 heavy (non-hydrogen) atoms. The molecule has 1 unspecified atom stereocenters. The zero-order chi connectivity index (χ0) is 13.2. The van der Waals surface area contributed by atoms with Gasteiger partial charge >= 0.3 is 0 Å². The molecule has 1 aliphatic heterocycles. The summed E-state index contributed by atoms with van der Waals surface area (Å²) in [5.41, 5.74) is -0.543. The standard InChI is InChI=1S/C14H17F2NO/c1-2-14(6-3-7-17-9-14)13(18)11-5-4-10(15)8-12(11)16/h4-5,8,17H,2-3,6-7,9H2,1H3. The number of carbonyl (C=O) groups excluding carboxylic acids is 1. The van der Waals surface area contributed by atoms with E-state index in [2.05, 4.69) is 5.32 Å². The Morgan fingerprint density at radius 3 is 2.78 bits per heavy atom. The number of hydrogen-bond acceptors (Lipinski definition) is 2. The second kappa shape index (κ2) is 5.14. The van der Waals surface area contributed by atoms with Crippen molar-refractivity contribution in [3.8, 4) is 0 Å². The van der Waals surface area contributed by atoms with E-state index in [9.17, 15) is 13.6 Å². The number of piperidine rings is 1. The highest BCUT2D eigenvalue weighted by molar-refractivity contribution is 6.01. The van der Waals surface area contributed by atoms with Crippen molar-refractivity contribution in [1.82, 2.24) is 5.32 Å². The molecule has 4 heteroatoms. The molecule has 98 valence electrons. The maximum absolute atomic E-state index is 13.7. The van der Waals surface area contributed by atoms with E-state index >= 15 is 0 Å². The molecule has 1 aliphatic rings. The van der Waals surface area contributed by atoms with Crippen molar-refractivity contribution in [3.63, 3.8) is 0 Å². The molecule has 1 aromatic carbocycles. The molecule has 1 aromatic rings. The van der Waals surface area contributed by atoms with E-state index in [1.165, 1.54) is 6.07 Å². The van der Waals surface area contributed by atoms with Crippen molar-refractivity contribution in [2.24, 2.45) is 5.41 Å². The minimum absolute atomic E-state index is 0.00181. The monoisotopic (exact) mass is 253 g/mol. The summed E-state index contributed by atoms with van der Waals surface area (Å²) in [5.74, 6) is -1.63. The van der Waals surface area contributed by atoms with Crippen molar-refractivity contribution in [2.75, 3.05) is 13.1 Å². The van der Waals surface area contributed by atoms with Gasteiger partial charge in [-0.25, -0.2) is 8.78 Å². The highest BCUT2D eigenvalue weighted by atomic mass is 19.1. The van der Waals surface area contributed by atoms with Gasteiger partial charge in [-0.1, -0.05) is 6.92 Å². The van der Waals surface area contributed by atoms with Crippen LogP contribution in [0, 0.1) is 17.0 Å². The van der Waals surface area contributed by atoms with Crippen molar-refractivity contribution in [1.29, 1.82) is 0 Å². The zero-order valence-electron chi connectivity index (χ0n) is 10.4. The van der Waals surface area contributed by atoms with Crippen LogP contribution in [0.5, 0.6) is 0 Å². The maximum atomic E-state index is 13.7. The lowest BCUT2D eigenvalue weighted by atomic mass is 9.72. The van der Waals surface area contributed by atoms with Gasteiger partial charge in [-0.2, -0.15) is 0 Å². The molecule has 2 rings (SSSR count). The molecule has 0 aromatic heterocycles. The molecule has 1 heterocycles. The van der Waals surface area contributed by atoms with Crippen molar-refractivity contribution >= 4 is 5.78 Å². The Balaban J connectivity index is 2.33. The van der Waals surface area contributed by atoms with E-state index in [1.807, 2.05) is 6.92 Å². The Hall–Kier alpha value is -1.29. The molecule has 0 radical (unpaired) electrons. The quantitative estimate of drug-likeness (QED) is 0.839. The van der Waals surface area contributed by atoms with Gasteiger partial charge < -0.3 is 5.32 Å². The summed E-state index contributed by atoms with van der Waals surface area (Å²) in [4.78, 5) is 12.5. The van der Waals surface area contributed by atoms with Crippen LogP contribution in [0.15, 0.2) is 18.2 Å². The fraction of sp³-hybridized carbons (Fsp3) is 0.500. The van der Waals surface area contributed by atoms with Gasteiger partial charge in [-0.05, 0) is 37.9 Å².